The summed E-state index contributed by atoms with van der Waals surface area (Å²) in [6.45, 7) is 8.22. The van der Waals surface area contributed by atoms with Crippen LogP contribution < -0.4 is 15.4 Å². The van der Waals surface area contributed by atoms with E-state index in [9.17, 15) is 9.59 Å². The molecule has 1 aliphatic rings. The molecule has 1 aromatic heterocycles. The van der Waals surface area contributed by atoms with Gasteiger partial charge in [0, 0.05) is 29.4 Å². The highest BCUT2D eigenvalue weighted by atomic mass is 16.5. The van der Waals surface area contributed by atoms with E-state index in [2.05, 4.69) is 10.6 Å². The zero-order valence-corrected chi connectivity index (χ0v) is 20.7. The highest BCUT2D eigenvalue weighted by Crippen LogP contribution is 2.28. The molecule has 35 heavy (non-hydrogen) atoms. The molecule has 8 heteroatoms. The Kier molecular flexibility index (Phi) is 7.10. The fourth-order valence-electron chi connectivity index (χ4n) is 3.77. The molecule has 3 aromatic rings. The van der Waals surface area contributed by atoms with E-state index >= 15 is 0 Å². The number of nitrogens with zero attached hydrogens (tertiary/aromatic N) is 3. The number of nitrogens with one attached hydrogen (secondary N) is 2. The van der Waals surface area contributed by atoms with E-state index in [0.717, 1.165) is 35.5 Å². The molecule has 2 aromatic carbocycles. The second kappa shape index (κ2) is 10.2. The molecule has 1 heterocycles. The van der Waals surface area contributed by atoms with Crippen LogP contribution in [-0.2, 0) is 4.79 Å². The maximum atomic E-state index is 13.1. The van der Waals surface area contributed by atoms with Gasteiger partial charge in [0.25, 0.3) is 0 Å². The maximum Gasteiger partial charge on any atom is 0.318 e. The number of hydrogen-bond acceptors (Lipinski definition) is 4. The van der Waals surface area contributed by atoms with E-state index in [1.807, 2.05) is 93.1 Å². The van der Waals surface area contributed by atoms with Gasteiger partial charge in [-0.05, 0) is 52.7 Å². The number of amides is 3. The number of anilines is 1. The van der Waals surface area contributed by atoms with Crippen LogP contribution in [0, 0.1) is 0 Å². The number of carbonyl (C=O) groups excluding carboxylic acids is 2. The van der Waals surface area contributed by atoms with E-state index < -0.39 is 0 Å². The first-order valence-corrected chi connectivity index (χ1v) is 12.0. The van der Waals surface area contributed by atoms with E-state index in [4.69, 9.17) is 9.72 Å². The monoisotopic (exact) mass is 475 g/mol. The lowest BCUT2D eigenvalue weighted by Crippen LogP contribution is -2.51. The van der Waals surface area contributed by atoms with Crippen molar-refractivity contribution in [3.05, 3.63) is 60.8 Å². The molecule has 1 saturated carbocycles. The Morgan fingerprint density at radius 1 is 1.11 bits per heavy atom. The Balaban J connectivity index is 1.60. The van der Waals surface area contributed by atoms with E-state index in [-0.39, 0.29) is 30.1 Å². The quantitative estimate of drug-likeness (QED) is 0.488. The summed E-state index contributed by atoms with van der Waals surface area (Å²) in [5.41, 5.74) is 2.09. The summed E-state index contributed by atoms with van der Waals surface area (Å²) >= 11 is 0. The van der Waals surface area contributed by atoms with Crippen molar-refractivity contribution in [1.82, 2.24) is 19.8 Å². The summed E-state index contributed by atoms with van der Waals surface area (Å²) in [6.07, 6.45) is 3.70. The molecule has 0 aliphatic heterocycles. The molecular weight excluding hydrogens is 442 g/mol. The van der Waals surface area contributed by atoms with Gasteiger partial charge in [0.05, 0.1) is 18.0 Å². The minimum Gasteiger partial charge on any atom is -0.494 e. The fourth-order valence-corrected chi connectivity index (χ4v) is 3.77. The third kappa shape index (κ3) is 6.41. The number of ether oxygens (including phenoxy) is 1. The number of urea groups is 1. The Morgan fingerprint density at radius 2 is 1.86 bits per heavy atom. The number of rotatable bonds is 8. The largest absolute Gasteiger partial charge is 0.494 e. The second-order valence-corrected chi connectivity index (χ2v) is 9.70. The molecule has 3 amide bonds. The molecule has 1 fully saturated rings. The molecule has 0 bridgehead atoms. The van der Waals surface area contributed by atoms with Gasteiger partial charge in [0.2, 0.25) is 11.9 Å². The normalized spacial score (nSPS) is 13.3. The van der Waals surface area contributed by atoms with E-state index in [0.29, 0.717) is 12.6 Å². The van der Waals surface area contributed by atoms with Gasteiger partial charge in [-0.25, -0.2) is 9.78 Å². The lowest BCUT2D eigenvalue weighted by molar-refractivity contribution is -0.117. The predicted octanol–water partition coefficient (Wildman–Crippen LogP) is 4.85. The lowest BCUT2D eigenvalue weighted by Gasteiger charge is -2.28. The number of imidazole rings is 1. The summed E-state index contributed by atoms with van der Waals surface area (Å²) in [5.74, 6) is 0.818. The summed E-state index contributed by atoms with van der Waals surface area (Å²) in [7, 11) is 0. The van der Waals surface area contributed by atoms with E-state index in [1.165, 1.54) is 0 Å². The Bertz CT molecular complexity index is 1180. The maximum absolute atomic E-state index is 13.1. The van der Waals surface area contributed by atoms with Gasteiger partial charge in [-0.2, -0.15) is 0 Å². The average molecular weight is 476 g/mol. The van der Waals surface area contributed by atoms with Crippen LogP contribution in [0.15, 0.2) is 60.8 Å². The van der Waals surface area contributed by atoms with Crippen LogP contribution in [0.4, 0.5) is 10.7 Å². The first-order chi connectivity index (χ1) is 16.7. The Morgan fingerprint density at radius 3 is 2.51 bits per heavy atom. The summed E-state index contributed by atoms with van der Waals surface area (Å²) in [6, 6.07) is 17.3. The standard InChI is InChI=1S/C27H33N5O3/c1-5-35-22-13-9-12-21(16-22)31-17-23(19-10-7-6-8-11-19)28-25(31)29-24(33)18-32(20-14-15-20)26(34)30-27(2,3)4/h6-13,16-17,20H,5,14-15,18H2,1-4H3,(H,30,34)(H,28,29,33). The molecule has 8 nitrogen and oxygen atoms in total. The minimum atomic E-state index is -0.382. The molecular formula is C27H33N5O3. The van der Waals surface area contributed by atoms with E-state index in [1.54, 1.807) is 4.90 Å². The zero-order valence-electron chi connectivity index (χ0n) is 20.7. The van der Waals surface area contributed by atoms with Crippen molar-refractivity contribution in [3.63, 3.8) is 0 Å². The molecule has 4 rings (SSSR count). The molecule has 0 radical (unpaired) electrons. The van der Waals surface area contributed by atoms with Gasteiger partial charge in [-0.1, -0.05) is 36.4 Å². The number of hydrogen-bond donors (Lipinski definition) is 2. The molecule has 0 spiro atoms. The van der Waals surface area contributed by atoms with Gasteiger partial charge in [0.15, 0.2) is 0 Å². The molecule has 2 N–H and O–H groups in total. The topological polar surface area (TPSA) is 88.5 Å². The number of benzene rings is 2. The Labute approximate surface area is 206 Å². The smallest absolute Gasteiger partial charge is 0.318 e. The lowest BCUT2D eigenvalue weighted by atomic mass is 10.1. The van der Waals surface area contributed by atoms with Crippen molar-refractivity contribution >= 4 is 17.9 Å². The average Bonchev–Trinajstić information content (AvgIpc) is 3.57. The molecule has 0 atom stereocenters. The summed E-state index contributed by atoms with van der Waals surface area (Å²) in [5, 5.41) is 5.89. The highest BCUT2D eigenvalue weighted by molar-refractivity contribution is 5.94. The van der Waals surface area contributed by atoms with Gasteiger partial charge >= 0.3 is 6.03 Å². The van der Waals surface area contributed by atoms with Crippen molar-refractivity contribution in [2.75, 3.05) is 18.5 Å². The summed E-state index contributed by atoms with van der Waals surface area (Å²) in [4.78, 5) is 32.2. The van der Waals surface area contributed by atoms with Crippen LogP contribution in [0.3, 0.4) is 0 Å². The van der Waals surface area contributed by atoms with Crippen molar-refractivity contribution in [2.24, 2.45) is 0 Å². The first kappa shape index (κ1) is 24.3. The zero-order chi connectivity index (χ0) is 25.0. The van der Waals surface area contributed by atoms with Crippen molar-refractivity contribution < 1.29 is 14.3 Å². The summed E-state index contributed by atoms with van der Waals surface area (Å²) < 4.78 is 7.49. The number of aromatic nitrogens is 2. The Hall–Kier alpha value is -3.81. The van der Waals surface area contributed by atoms with Crippen LogP contribution in [0.1, 0.15) is 40.5 Å². The van der Waals surface area contributed by atoms with Crippen LogP contribution in [0.5, 0.6) is 5.75 Å². The predicted molar refractivity (Wildman–Crippen MR) is 137 cm³/mol. The third-order valence-corrected chi connectivity index (χ3v) is 5.48. The van der Waals surface area contributed by atoms with Crippen molar-refractivity contribution in [3.8, 4) is 22.7 Å². The van der Waals surface area contributed by atoms with Gasteiger partial charge in [-0.3, -0.25) is 14.7 Å². The van der Waals surface area contributed by atoms with Crippen molar-refractivity contribution in [1.29, 1.82) is 0 Å². The highest BCUT2D eigenvalue weighted by Gasteiger charge is 2.35. The molecule has 184 valence electrons. The molecule has 0 unspecified atom stereocenters. The van der Waals surface area contributed by atoms with Crippen LogP contribution in [-0.4, -0.2) is 51.1 Å². The van der Waals surface area contributed by atoms with Gasteiger partial charge in [-0.15, -0.1) is 0 Å². The number of carbonyl (C=O) groups is 2. The molecule has 0 saturated heterocycles. The molecule has 1 aliphatic carbocycles. The SMILES string of the molecule is CCOc1cccc(-n2cc(-c3ccccc3)nc2NC(=O)CN(C(=O)NC(C)(C)C)C2CC2)c1. The van der Waals surface area contributed by atoms with Crippen LogP contribution in [0.25, 0.3) is 16.9 Å². The van der Waals surface area contributed by atoms with Crippen LogP contribution in [0.2, 0.25) is 0 Å². The third-order valence-electron chi connectivity index (χ3n) is 5.48. The minimum absolute atomic E-state index is 0.0426. The van der Waals surface area contributed by atoms with Gasteiger partial charge in [0.1, 0.15) is 12.3 Å². The first-order valence-electron chi connectivity index (χ1n) is 12.0. The second-order valence-electron chi connectivity index (χ2n) is 9.70. The van der Waals surface area contributed by atoms with Gasteiger partial charge < -0.3 is 15.0 Å². The fraction of sp³-hybridized carbons (Fsp3) is 0.370. The van der Waals surface area contributed by atoms with Crippen LogP contribution >= 0.6 is 0 Å². The van der Waals surface area contributed by atoms with Crippen molar-refractivity contribution in [2.45, 2.75) is 52.1 Å².